The highest BCUT2D eigenvalue weighted by Gasteiger charge is 2.46. The van der Waals surface area contributed by atoms with E-state index in [-0.39, 0.29) is 24.0 Å². The third-order valence-electron chi connectivity index (χ3n) is 6.75. The van der Waals surface area contributed by atoms with E-state index in [2.05, 4.69) is 36.7 Å². The largest absolute Gasteiger partial charge is 0.491 e. The van der Waals surface area contributed by atoms with E-state index in [1.807, 2.05) is 20.0 Å². The monoisotopic (exact) mass is 484 g/mol. The molecule has 2 fully saturated rings. The van der Waals surface area contributed by atoms with E-state index in [0.717, 1.165) is 37.4 Å². The van der Waals surface area contributed by atoms with Gasteiger partial charge in [-0.1, -0.05) is 0 Å². The van der Waals surface area contributed by atoms with Gasteiger partial charge < -0.3 is 20.3 Å². The predicted octanol–water partition coefficient (Wildman–Crippen LogP) is 2.79. The Kier molecular flexibility index (Phi) is 5.73. The molecule has 1 saturated heterocycles. The fraction of sp³-hybridized carbons (Fsp3) is 0.478. The lowest BCUT2D eigenvalue weighted by Crippen LogP contribution is -2.52. The summed E-state index contributed by atoms with van der Waals surface area (Å²) in [7, 11) is 0. The maximum atomic E-state index is 13.3. The number of nitrogens with one attached hydrogen (secondary N) is 2. The van der Waals surface area contributed by atoms with Crippen LogP contribution in [0, 0.1) is 6.92 Å². The number of aryl methyl sites for hydroxylation is 1. The van der Waals surface area contributed by atoms with Crippen LogP contribution in [0.5, 0.6) is 5.75 Å². The molecule has 1 spiro atoms. The van der Waals surface area contributed by atoms with Crippen LogP contribution in [0.4, 0.5) is 22.0 Å². The standard InChI is InChI=1S/C23H28N8O2.ClH/c1-3-33-19-12-20-26-15(2)28-31(20)13-17(19)27-22(32)30-10-5-16-18(4-8-24-21(16)30)29-11-9-25-23(14-29)6-7-23;/h4,8,12-13,25H,3,5-7,9-11,14H2,1-2H3,(H,27,32);1H. The number of halogens is 1. The van der Waals surface area contributed by atoms with Crippen LogP contribution in [0.2, 0.25) is 0 Å². The van der Waals surface area contributed by atoms with Gasteiger partial charge in [0.2, 0.25) is 0 Å². The number of urea groups is 1. The van der Waals surface area contributed by atoms with Gasteiger partial charge in [-0.25, -0.2) is 19.3 Å². The van der Waals surface area contributed by atoms with Gasteiger partial charge in [0, 0.05) is 55.2 Å². The van der Waals surface area contributed by atoms with Crippen LogP contribution >= 0.6 is 12.4 Å². The van der Waals surface area contributed by atoms with E-state index in [1.165, 1.54) is 18.5 Å². The molecule has 0 bridgehead atoms. The number of amides is 2. The van der Waals surface area contributed by atoms with Gasteiger partial charge in [-0.3, -0.25) is 4.90 Å². The molecular formula is C23H29ClN8O2. The fourth-order valence-corrected chi connectivity index (χ4v) is 4.99. The van der Waals surface area contributed by atoms with Crippen LogP contribution < -0.4 is 25.2 Å². The molecule has 2 amide bonds. The molecule has 6 rings (SSSR count). The second-order valence-corrected chi connectivity index (χ2v) is 9.04. The highest BCUT2D eigenvalue weighted by atomic mass is 35.5. The summed E-state index contributed by atoms with van der Waals surface area (Å²) >= 11 is 0. The third kappa shape index (κ3) is 3.90. The van der Waals surface area contributed by atoms with Crippen molar-refractivity contribution in [3.63, 3.8) is 0 Å². The number of piperazine rings is 1. The summed E-state index contributed by atoms with van der Waals surface area (Å²) in [6, 6.07) is 3.66. The highest BCUT2D eigenvalue weighted by molar-refractivity contribution is 6.03. The third-order valence-corrected chi connectivity index (χ3v) is 6.75. The van der Waals surface area contributed by atoms with Crippen molar-refractivity contribution in [2.75, 3.05) is 47.9 Å². The number of aromatic nitrogens is 4. The van der Waals surface area contributed by atoms with E-state index < -0.39 is 0 Å². The van der Waals surface area contributed by atoms with Crippen molar-refractivity contribution >= 4 is 41.3 Å². The molecular weight excluding hydrogens is 456 g/mol. The lowest BCUT2D eigenvalue weighted by atomic mass is 10.1. The number of carbonyl (C=O) groups is 1. The first-order chi connectivity index (χ1) is 16.0. The molecule has 10 nitrogen and oxygen atoms in total. The van der Waals surface area contributed by atoms with Crippen molar-refractivity contribution in [2.45, 2.75) is 38.6 Å². The molecule has 3 aliphatic rings. The first kappa shape index (κ1) is 22.7. The zero-order valence-electron chi connectivity index (χ0n) is 19.4. The average Bonchev–Trinajstić information content (AvgIpc) is 3.23. The summed E-state index contributed by atoms with van der Waals surface area (Å²) in [5.74, 6) is 1.97. The Hall–Kier alpha value is -3.11. The normalized spacial score (nSPS) is 18.1. The number of carbonyl (C=O) groups excluding carboxylic acids is 1. The molecule has 3 aromatic heterocycles. The highest BCUT2D eigenvalue weighted by Crippen LogP contribution is 2.41. The molecule has 0 unspecified atom stereocenters. The Morgan fingerprint density at radius 1 is 1.32 bits per heavy atom. The first-order valence-corrected chi connectivity index (χ1v) is 11.6. The number of anilines is 3. The lowest BCUT2D eigenvalue weighted by molar-refractivity contribution is 0.257. The van der Waals surface area contributed by atoms with E-state index in [0.29, 0.717) is 36.1 Å². The van der Waals surface area contributed by atoms with Crippen LogP contribution in [0.3, 0.4) is 0 Å². The first-order valence-electron chi connectivity index (χ1n) is 11.6. The van der Waals surface area contributed by atoms with Crippen LogP contribution in [0.25, 0.3) is 5.65 Å². The smallest absolute Gasteiger partial charge is 0.327 e. The maximum Gasteiger partial charge on any atom is 0.327 e. The maximum absolute atomic E-state index is 13.3. The molecule has 11 heteroatoms. The summed E-state index contributed by atoms with van der Waals surface area (Å²) in [6.07, 6.45) is 6.83. The minimum absolute atomic E-state index is 0. The molecule has 2 aliphatic heterocycles. The second kappa shape index (κ2) is 8.59. The van der Waals surface area contributed by atoms with Crippen molar-refractivity contribution in [1.82, 2.24) is 24.9 Å². The second-order valence-electron chi connectivity index (χ2n) is 9.04. The van der Waals surface area contributed by atoms with Crippen LogP contribution in [0.1, 0.15) is 31.2 Å². The van der Waals surface area contributed by atoms with Gasteiger partial charge in [0.25, 0.3) is 0 Å². The summed E-state index contributed by atoms with van der Waals surface area (Å²) in [6.45, 7) is 7.80. The van der Waals surface area contributed by atoms with Gasteiger partial charge >= 0.3 is 6.03 Å². The summed E-state index contributed by atoms with van der Waals surface area (Å²) in [5, 5.41) is 11.0. The van der Waals surface area contributed by atoms with Crippen LogP contribution in [-0.2, 0) is 6.42 Å². The molecule has 5 heterocycles. The topological polar surface area (TPSA) is 99.9 Å². The Balaban J connectivity index is 0.00000241. The summed E-state index contributed by atoms with van der Waals surface area (Å²) in [5.41, 5.74) is 3.88. The number of nitrogens with zero attached hydrogens (tertiary/aromatic N) is 6. The van der Waals surface area contributed by atoms with Crippen molar-refractivity contribution in [2.24, 2.45) is 0 Å². The predicted molar refractivity (Wildman–Crippen MR) is 133 cm³/mol. The SMILES string of the molecule is CCOc1cc2nc(C)nn2cc1NC(=O)N1CCc2c(N3CCNC4(CC4)C3)ccnc21.Cl. The molecule has 180 valence electrons. The van der Waals surface area contributed by atoms with E-state index >= 15 is 0 Å². The molecule has 1 saturated carbocycles. The van der Waals surface area contributed by atoms with E-state index in [9.17, 15) is 4.79 Å². The van der Waals surface area contributed by atoms with Gasteiger partial charge in [-0.05, 0) is 39.2 Å². The minimum Gasteiger partial charge on any atom is -0.491 e. The van der Waals surface area contributed by atoms with Gasteiger partial charge in [0.15, 0.2) is 5.65 Å². The number of ether oxygens (including phenoxy) is 1. The van der Waals surface area contributed by atoms with Crippen molar-refractivity contribution in [1.29, 1.82) is 0 Å². The number of hydrogen-bond donors (Lipinski definition) is 2. The molecule has 0 radical (unpaired) electrons. The summed E-state index contributed by atoms with van der Waals surface area (Å²) < 4.78 is 7.42. The van der Waals surface area contributed by atoms with Gasteiger partial charge in [0.1, 0.15) is 23.1 Å². The van der Waals surface area contributed by atoms with Crippen molar-refractivity contribution < 1.29 is 9.53 Å². The minimum atomic E-state index is -0.227. The Labute approximate surface area is 204 Å². The average molecular weight is 485 g/mol. The molecule has 34 heavy (non-hydrogen) atoms. The van der Waals surface area contributed by atoms with Gasteiger partial charge in [-0.2, -0.15) is 5.10 Å². The number of fused-ring (bicyclic) bond motifs is 2. The van der Waals surface area contributed by atoms with Crippen molar-refractivity contribution in [3.05, 3.63) is 35.9 Å². The number of rotatable bonds is 4. The Morgan fingerprint density at radius 3 is 2.97 bits per heavy atom. The Bertz CT molecular complexity index is 1240. The van der Waals surface area contributed by atoms with Gasteiger partial charge in [0.05, 0.1) is 12.8 Å². The van der Waals surface area contributed by atoms with Crippen LogP contribution in [0.15, 0.2) is 24.5 Å². The summed E-state index contributed by atoms with van der Waals surface area (Å²) in [4.78, 5) is 26.5. The Morgan fingerprint density at radius 2 is 2.18 bits per heavy atom. The molecule has 0 atom stereocenters. The van der Waals surface area contributed by atoms with E-state index in [4.69, 9.17) is 4.74 Å². The number of hydrogen-bond acceptors (Lipinski definition) is 7. The van der Waals surface area contributed by atoms with E-state index in [1.54, 1.807) is 21.7 Å². The zero-order chi connectivity index (χ0) is 22.6. The van der Waals surface area contributed by atoms with Crippen molar-refractivity contribution in [3.8, 4) is 5.75 Å². The molecule has 3 aromatic rings. The van der Waals surface area contributed by atoms with Crippen LogP contribution in [-0.4, -0.2) is 63.9 Å². The molecule has 0 aromatic carbocycles. The molecule has 2 N–H and O–H groups in total. The number of pyridine rings is 2. The fourth-order valence-electron chi connectivity index (χ4n) is 4.99. The molecule has 1 aliphatic carbocycles. The lowest BCUT2D eigenvalue weighted by Gasteiger charge is -2.36. The quantitative estimate of drug-likeness (QED) is 0.587. The zero-order valence-corrected chi connectivity index (χ0v) is 20.2. The van der Waals surface area contributed by atoms with Gasteiger partial charge in [-0.15, -0.1) is 12.4 Å².